The average molecular weight is 277 g/mol. The number of carbonyl (C=O) groups excluding carboxylic acids is 2. The maximum atomic E-state index is 11.9. The van der Waals surface area contributed by atoms with E-state index < -0.39 is 17.8 Å². The fraction of sp³-hybridized carbons (Fsp3) is 0.500. The highest BCUT2D eigenvalue weighted by molar-refractivity contribution is 6.42. The molecule has 1 unspecified atom stereocenters. The van der Waals surface area contributed by atoms with Crippen LogP contribution in [0.15, 0.2) is 24.3 Å². The summed E-state index contributed by atoms with van der Waals surface area (Å²) >= 11 is 0. The lowest BCUT2D eigenvalue weighted by Crippen LogP contribution is -2.39. The van der Waals surface area contributed by atoms with Crippen LogP contribution in [-0.4, -0.2) is 29.4 Å². The van der Waals surface area contributed by atoms with Gasteiger partial charge in [0.1, 0.15) is 0 Å². The second-order valence-corrected chi connectivity index (χ2v) is 6.10. The van der Waals surface area contributed by atoms with Crippen molar-refractivity contribution in [2.75, 3.05) is 6.54 Å². The zero-order valence-electron chi connectivity index (χ0n) is 12.6. The number of carbonyl (C=O) groups is 2. The molecule has 0 aliphatic heterocycles. The number of aliphatic hydroxyl groups excluding tert-OH is 1. The van der Waals surface area contributed by atoms with Gasteiger partial charge in [0.2, 0.25) is 5.78 Å². The van der Waals surface area contributed by atoms with Gasteiger partial charge in [0.25, 0.3) is 5.91 Å². The molecule has 1 atom stereocenters. The molecule has 0 radical (unpaired) electrons. The van der Waals surface area contributed by atoms with E-state index in [4.69, 9.17) is 0 Å². The van der Waals surface area contributed by atoms with Gasteiger partial charge in [-0.3, -0.25) is 9.59 Å². The van der Waals surface area contributed by atoms with Crippen molar-refractivity contribution in [3.05, 3.63) is 35.4 Å². The van der Waals surface area contributed by atoms with Crippen LogP contribution in [-0.2, 0) is 4.79 Å². The van der Waals surface area contributed by atoms with E-state index in [1.54, 1.807) is 31.2 Å². The summed E-state index contributed by atoms with van der Waals surface area (Å²) in [4.78, 5) is 23.8. The van der Waals surface area contributed by atoms with Crippen LogP contribution in [0.4, 0.5) is 0 Å². The van der Waals surface area contributed by atoms with Crippen LogP contribution in [0.5, 0.6) is 0 Å². The third-order valence-electron chi connectivity index (χ3n) is 3.10. The van der Waals surface area contributed by atoms with Crippen molar-refractivity contribution in [3.8, 4) is 0 Å². The number of aliphatic hydroxyl groups is 1. The zero-order valence-corrected chi connectivity index (χ0v) is 12.6. The Labute approximate surface area is 120 Å². The third-order valence-corrected chi connectivity index (χ3v) is 3.10. The van der Waals surface area contributed by atoms with Crippen LogP contribution < -0.4 is 5.32 Å². The minimum absolute atomic E-state index is 0.253. The van der Waals surface area contributed by atoms with Crippen LogP contribution in [0.25, 0.3) is 0 Å². The zero-order chi connectivity index (χ0) is 15.3. The Kier molecular flexibility index (Phi) is 5.45. The summed E-state index contributed by atoms with van der Waals surface area (Å²) in [6, 6.07) is 6.91. The molecule has 1 amide bonds. The van der Waals surface area contributed by atoms with Gasteiger partial charge in [0.15, 0.2) is 0 Å². The molecule has 0 saturated carbocycles. The molecule has 0 aliphatic carbocycles. The third kappa shape index (κ3) is 5.13. The van der Waals surface area contributed by atoms with Crippen LogP contribution >= 0.6 is 0 Å². The fourth-order valence-corrected chi connectivity index (χ4v) is 2.11. The van der Waals surface area contributed by atoms with Gasteiger partial charge in [0.05, 0.1) is 6.10 Å². The smallest absolute Gasteiger partial charge is 0.292 e. The molecule has 0 aliphatic rings. The van der Waals surface area contributed by atoms with Crippen molar-refractivity contribution >= 4 is 11.7 Å². The second kappa shape index (κ2) is 6.66. The van der Waals surface area contributed by atoms with Gasteiger partial charge in [-0.1, -0.05) is 43.7 Å². The summed E-state index contributed by atoms with van der Waals surface area (Å²) in [5.74, 6) is -1.13. The molecule has 110 valence electrons. The number of benzene rings is 1. The molecule has 1 aromatic rings. The first-order valence-corrected chi connectivity index (χ1v) is 6.78. The van der Waals surface area contributed by atoms with E-state index >= 15 is 0 Å². The van der Waals surface area contributed by atoms with Gasteiger partial charge in [-0.05, 0) is 25.7 Å². The van der Waals surface area contributed by atoms with Gasteiger partial charge in [-0.15, -0.1) is 0 Å². The van der Waals surface area contributed by atoms with E-state index in [0.717, 1.165) is 5.56 Å². The molecule has 1 aromatic carbocycles. The van der Waals surface area contributed by atoms with Crippen LogP contribution in [0.1, 0.15) is 43.1 Å². The van der Waals surface area contributed by atoms with E-state index in [0.29, 0.717) is 18.5 Å². The Morgan fingerprint density at radius 2 is 1.80 bits per heavy atom. The fourth-order valence-electron chi connectivity index (χ4n) is 2.11. The highest BCUT2D eigenvalue weighted by atomic mass is 16.3. The topological polar surface area (TPSA) is 66.4 Å². The minimum Gasteiger partial charge on any atom is -0.393 e. The maximum absolute atomic E-state index is 11.9. The van der Waals surface area contributed by atoms with E-state index in [-0.39, 0.29) is 5.41 Å². The van der Waals surface area contributed by atoms with Crippen LogP contribution in [0, 0.1) is 12.3 Å². The van der Waals surface area contributed by atoms with Gasteiger partial charge in [-0.25, -0.2) is 0 Å². The van der Waals surface area contributed by atoms with Gasteiger partial charge in [0, 0.05) is 12.1 Å². The summed E-state index contributed by atoms with van der Waals surface area (Å²) in [6.45, 7) is 7.87. The van der Waals surface area contributed by atoms with E-state index in [1.807, 2.05) is 20.8 Å². The summed E-state index contributed by atoms with van der Waals surface area (Å²) in [5, 5.41) is 12.0. The minimum atomic E-state index is -0.604. The molecule has 2 N–H and O–H groups in total. The molecule has 4 nitrogen and oxygen atoms in total. The number of Topliss-reactive ketones (excluding diaryl/α,β-unsaturated/α-hetero) is 1. The summed E-state index contributed by atoms with van der Waals surface area (Å²) in [6.07, 6.45) is 0.126. The van der Waals surface area contributed by atoms with Crippen molar-refractivity contribution in [2.24, 2.45) is 5.41 Å². The molecule has 20 heavy (non-hydrogen) atoms. The van der Waals surface area contributed by atoms with Gasteiger partial charge in [-0.2, -0.15) is 0 Å². The van der Waals surface area contributed by atoms with Crippen molar-refractivity contribution < 1.29 is 14.7 Å². The van der Waals surface area contributed by atoms with Crippen molar-refractivity contribution in [2.45, 2.75) is 40.2 Å². The predicted molar refractivity (Wildman–Crippen MR) is 78.6 cm³/mol. The van der Waals surface area contributed by atoms with E-state index in [1.165, 1.54) is 0 Å². The molecule has 0 saturated heterocycles. The van der Waals surface area contributed by atoms with Crippen molar-refractivity contribution in [3.63, 3.8) is 0 Å². The Balaban J connectivity index is 2.58. The average Bonchev–Trinajstić information content (AvgIpc) is 2.34. The molecule has 0 bridgehead atoms. The predicted octanol–water partition coefficient (Wildman–Crippen LogP) is 2.09. The number of amides is 1. The largest absolute Gasteiger partial charge is 0.393 e. The van der Waals surface area contributed by atoms with Crippen molar-refractivity contribution in [1.82, 2.24) is 5.32 Å². The van der Waals surface area contributed by atoms with E-state index in [9.17, 15) is 14.7 Å². The SMILES string of the molecule is Cc1ccc(C(=O)C(=O)NCC(C)(C)CC(C)O)cc1. The molecule has 0 spiro atoms. The molecule has 4 heteroatoms. The lowest BCUT2D eigenvalue weighted by atomic mass is 9.87. The van der Waals surface area contributed by atoms with Gasteiger partial charge < -0.3 is 10.4 Å². The highest BCUT2D eigenvalue weighted by Gasteiger charge is 2.23. The summed E-state index contributed by atoms with van der Waals surface area (Å²) in [7, 11) is 0. The van der Waals surface area contributed by atoms with Crippen LogP contribution in [0.2, 0.25) is 0 Å². The quantitative estimate of drug-likeness (QED) is 0.618. The first kappa shape index (κ1) is 16.4. The molecular weight excluding hydrogens is 254 g/mol. The molecule has 1 rings (SSSR count). The number of aryl methyl sites for hydroxylation is 1. The van der Waals surface area contributed by atoms with E-state index in [2.05, 4.69) is 5.32 Å². The number of hydrogen-bond acceptors (Lipinski definition) is 3. The molecule has 0 aromatic heterocycles. The Morgan fingerprint density at radius 1 is 1.25 bits per heavy atom. The lowest BCUT2D eigenvalue weighted by Gasteiger charge is -2.26. The van der Waals surface area contributed by atoms with Crippen LogP contribution in [0.3, 0.4) is 0 Å². The number of nitrogens with one attached hydrogen (secondary N) is 1. The Morgan fingerprint density at radius 3 is 2.30 bits per heavy atom. The number of ketones is 1. The Bertz CT molecular complexity index is 475. The summed E-state index contributed by atoms with van der Waals surface area (Å²) < 4.78 is 0. The first-order chi connectivity index (χ1) is 9.21. The lowest BCUT2D eigenvalue weighted by molar-refractivity contribution is -0.117. The summed E-state index contributed by atoms with van der Waals surface area (Å²) in [5.41, 5.74) is 1.18. The number of rotatable bonds is 6. The van der Waals surface area contributed by atoms with Gasteiger partial charge >= 0.3 is 0 Å². The normalized spacial score (nSPS) is 12.8. The standard InChI is InChI=1S/C16H23NO3/c1-11-5-7-13(8-6-11)14(19)15(20)17-10-16(3,4)9-12(2)18/h5-8,12,18H,9-10H2,1-4H3,(H,17,20). The first-order valence-electron chi connectivity index (χ1n) is 6.78. The monoisotopic (exact) mass is 277 g/mol. The highest BCUT2D eigenvalue weighted by Crippen LogP contribution is 2.21. The molecular formula is C16H23NO3. The molecule has 0 fully saturated rings. The number of hydrogen-bond donors (Lipinski definition) is 2. The second-order valence-electron chi connectivity index (χ2n) is 6.10. The Hall–Kier alpha value is -1.68. The van der Waals surface area contributed by atoms with Crippen molar-refractivity contribution in [1.29, 1.82) is 0 Å². The molecule has 0 heterocycles. The maximum Gasteiger partial charge on any atom is 0.292 e.